The number of rotatable bonds is 6. The van der Waals surface area contributed by atoms with Gasteiger partial charge in [-0.25, -0.2) is 0 Å². The molecule has 2 aromatic heterocycles. The molecule has 0 saturated carbocycles. The van der Waals surface area contributed by atoms with Gasteiger partial charge in [0.1, 0.15) is 0 Å². The van der Waals surface area contributed by atoms with E-state index in [1.807, 2.05) is 23.1 Å². The topological polar surface area (TPSA) is 8.17 Å². The molecule has 0 N–H and O–H groups in total. The van der Waals surface area contributed by atoms with E-state index in [4.69, 9.17) is 0 Å². The van der Waals surface area contributed by atoms with Gasteiger partial charge in [0.2, 0.25) is 0 Å². The zero-order valence-corrected chi connectivity index (χ0v) is 33.9. The Morgan fingerprint density at radius 1 is 0.508 bits per heavy atom. The smallest absolute Gasteiger partial charge is 0.0562 e. The number of thiophene rings is 1. The fourth-order valence-electron chi connectivity index (χ4n) is 8.64. The van der Waals surface area contributed by atoms with E-state index >= 15 is 0 Å². The van der Waals surface area contributed by atoms with Gasteiger partial charge >= 0.3 is 0 Å². The molecule has 0 atom stereocenters. The van der Waals surface area contributed by atoms with Crippen molar-refractivity contribution in [3.05, 3.63) is 218 Å². The minimum atomic E-state index is 0.906. The lowest BCUT2D eigenvalue weighted by molar-refractivity contribution is 1.18. The van der Waals surface area contributed by atoms with E-state index in [2.05, 4.69) is 222 Å². The van der Waals surface area contributed by atoms with Crippen molar-refractivity contribution in [3.63, 3.8) is 0 Å². The van der Waals surface area contributed by atoms with Crippen LogP contribution < -0.4 is 4.90 Å². The lowest BCUT2D eigenvalue weighted by Gasteiger charge is -2.26. The standard InChI is InChI=1S/C55H38N2S2/c1-37-14-5-4-12-35-58-54-45(37)20-13-21-46(54)40-25-29-43(30-26-40)56(42-27-23-39(24-28-42)38-15-6-2-7-16-38)44-31-32-49-51(36-44)57(41-17-8-3-9-18-41)50-34-33-48-47-19-10-11-22-52(47)59-55(48)53(49)50/h2-34,36H,1,35H2/b12-4-,14-5-. The Hall–Kier alpha value is -6.85. The number of para-hydroxylation sites is 1. The Morgan fingerprint density at radius 2 is 1.17 bits per heavy atom. The maximum atomic E-state index is 4.41. The molecule has 0 bridgehead atoms. The van der Waals surface area contributed by atoms with Gasteiger partial charge in [0.05, 0.1) is 11.0 Å². The van der Waals surface area contributed by atoms with Crippen molar-refractivity contribution >= 4 is 87.7 Å². The quantitative estimate of drug-likeness (QED) is 0.166. The second-order valence-corrected chi connectivity index (χ2v) is 17.0. The largest absolute Gasteiger partial charge is 0.310 e. The first-order valence-electron chi connectivity index (χ1n) is 20.0. The Labute approximate surface area is 352 Å². The molecule has 11 rings (SSSR count). The van der Waals surface area contributed by atoms with E-state index in [9.17, 15) is 0 Å². The van der Waals surface area contributed by atoms with Crippen molar-refractivity contribution in [3.8, 4) is 27.9 Å². The van der Waals surface area contributed by atoms with Crippen LogP contribution in [0.1, 0.15) is 5.56 Å². The second kappa shape index (κ2) is 14.8. The Balaban J connectivity index is 1.10. The number of hydrogen-bond donors (Lipinski definition) is 0. The summed E-state index contributed by atoms with van der Waals surface area (Å²) < 4.78 is 5.09. The van der Waals surface area contributed by atoms with Gasteiger partial charge in [0.25, 0.3) is 0 Å². The molecule has 0 fully saturated rings. The van der Waals surface area contributed by atoms with Gasteiger partial charge in [-0.2, -0.15) is 0 Å². The van der Waals surface area contributed by atoms with Gasteiger partial charge in [0.15, 0.2) is 0 Å². The van der Waals surface area contributed by atoms with Crippen LogP contribution in [0.5, 0.6) is 0 Å². The summed E-state index contributed by atoms with van der Waals surface area (Å²) in [4.78, 5) is 3.66. The van der Waals surface area contributed by atoms with Crippen LogP contribution in [0.4, 0.5) is 17.1 Å². The maximum absolute atomic E-state index is 4.41. The average Bonchev–Trinajstić information content (AvgIpc) is 3.86. The summed E-state index contributed by atoms with van der Waals surface area (Å²) in [7, 11) is 0. The van der Waals surface area contributed by atoms with Crippen molar-refractivity contribution in [1.82, 2.24) is 4.57 Å². The monoisotopic (exact) mass is 790 g/mol. The van der Waals surface area contributed by atoms with E-state index in [0.29, 0.717) is 0 Å². The molecular formula is C55H38N2S2. The summed E-state index contributed by atoms with van der Waals surface area (Å²) in [6.45, 7) is 4.41. The number of allylic oxidation sites excluding steroid dienone is 4. The third-order valence-corrected chi connectivity index (χ3v) is 13.7. The predicted octanol–water partition coefficient (Wildman–Crippen LogP) is 16.2. The molecule has 10 aromatic rings. The van der Waals surface area contributed by atoms with Crippen molar-refractivity contribution < 1.29 is 0 Å². The number of hydrogen-bond acceptors (Lipinski definition) is 3. The molecule has 0 radical (unpaired) electrons. The Kier molecular flexibility index (Phi) is 8.88. The van der Waals surface area contributed by atoms with Crippen LogP contribution in [-0.4, -0.2) is 10.3 Å². The molecule has 1 aliphatic rings. The number of thioether (sulfide) groups is 1. The van der Waals surface area contributed by atoms with E-state index in [0.717, 1.165) is 34.1 Å². The van der Waals surface area contributed by atoms with E-state index < -0.39 is 0 Å². The zero-order valence-electron chi connectivity index (χ0n) is 32.3. The number of nitrogens with zero attached hydrogens (tertiary/aromatic N) is 2. The predicted molar refractivity (Wildman–Crippen MR) is 257 cm³/mol. The van der Waals surface area contributed by atoms with Crippen LogP contribution in [0, 0.1) is 0 Å². The minimum absolute atomic E-state index is 0.906. The third kappa shape index (κ3) is 6.20. The molecular weight excluding hydrogens is 753 g/mol. The molecule has 59 heavy (non-hydrogen) atoms. The van der Waals surface area contributed by atoms with Gasteiger partial charge in [-0.1, -0.05) is 152 Å². The van der Waals surface area contributed by atoms with E-state index in [-0.39, 0.29) is 0 Å². The molecule has 0 saturated heterocycles. The lowest BCUT2D eigenvalue weighted by atomic mass is 9.98. The van der Waals surface area contributed by atoms with Crippen LogP contribution in [0.15, 0.2) is 218 Å². The first-order chi connectivity index (χ1) is 29.2. The van der Waals surface area contributed by atoms with Gasteiger partial charge in [-0.3, -0.25) is 0 Å². The summed E-state index contributed by atoms with van der Waals surface area (Å²) in [6, 6.07) is 66.5. The molecule has 0 unspecified atom stereocenters. The second-order valence-electron chi connectivity index (χ2n) is 14.9. The fourth-order valence-corrected chi connectivity index (χ4v) is 11.0. The summed E-state index contributed by atoms with van der Waals surface area (Å²) in [6.07, 6.45) is 8.51. The molecule has 0 amide bonds. The highest BCUT2D eigenvalue weighted by molar-refractivity contribution is 7.99. The third-order valence-electron chi connectivity index (χ3n) is 11.4. The SMILES string of the molecule is C=C1/C=C\C=C/CSc2c1cccc2-c1ccc(N(c2ccc(-c3ccccc3)cc2)c2ccc3c4c5sc6ccccc6c5ccc4n(-c4ccccc4)c3c2)cc1. The van der Waals surface area contributed by atoms with Crippen LogP contribution in [-0.2, 0) is 0 Å². The summed E-state index contributed by atoms with van der Waals surface area (Å²) in [5, 5.41) is 5.18. The highest BCUT2D eigenvalue weighted by atomic mass is 32.2. The molecule has 3 heterocycles. The molecule has 1 aliphatic heterocycles. The summed E-state index contributed by atoms with van der Waals surface area (Å²) >= 11 is 3.76. The molecule has 0 aliphatic carbocycles. The molecule has 8 aromatic carbocycles. The van der Waals surface area contributed by atoms with Crippen molar-refractivity contribution in [2.45, 2.75) is 4.90 Å². The number of benzene rings is 8. The molecule has 4 heteroatoms. The average molecular weight is 791 g/mol. The van der Waals surface area contributed by atoms with Crippen molar-refractivity contribution in [1.29, 1.82) is 0 Å². The van der Waals surface area contributed by atoms with Gasteiger partial charge < -0.3 is 9.47 Å². The summed E-state index contributed by atoms with van der Waals surface area (Å²) in [5.41, 5.74) is 13.8. The summed E-state index contributed by atoms with van der Waals surface area (Å²) in [5.74, 6) is 0.906. The molecule has 280 valence electrons. The minimum Gasteiger partial charge on any atom is -0.310 e. The molecule has 2 nitrogen and oxygen atoms in total. The van der Waals surface area contributed by atoms with Crippen LogP contribution >= 0.6 is 23.1 Å². The number of aromatic nitrogens is 1. The molecule has 0 spiro atoms. The van der Waals surface area contributed by atoms with Crippen molar-refractivity contribution in [2.75, 3.05) is 10.7 Å². The number of anilines is 3. The van der Waals surface area contributed by atoms with E-state index in [1.54, 1.807) is 0 Å². The van der Waals surface area contributed by atoms with Crippen LogP contribution in [0.3, 0.4) is 0 Å². The van der Waals surface area contributed by atoms with Gasteiger partial charge in [-0.05, 0) is 94.1 Å². The number of fused-ring (bicyclic) bond motifs is 8. The lowest BCUT2D eigenvalue weighted by Crippen LogP contribution is -2.10. The van der Waals surface area contributed by atoms with Crippen LogP contribution in [0.25, 0.3) is 75.5 Å². The van der Waals surface area contributed by atoms with E-state index in [1.165, 1.54) is 74.7 Å². The van der Waals surface area contributed by atoms with Gasteiger partial charge in [-0.15, -0.1) is 23.1 Å². The Morgan fingerprint density at radius 3 is 1.97 bits per heavy atom. The zero-order chi connectivity index (χ0) is 39.3. The normalized spacial score (nSPS) is 13.9. The Bertz CT molecular complexity index is 3260. The maximum Gasteiger partial charge on any atom is 0.0562 e. The van der Waals surface area contributed by atoms with Gasteiger partial charge in [0, 0.05) is 64.3 Å². The van der Waals surface area contributed by atoms with Crippen LogP contribution in [0.2, 0.25) is 0 Å². The van der Waals surface area contributed by atoms with Crippen molar-refractivity contribution in [2.24, 2.45) is 0 Å². The fraction of sp³-hybridized carbons (Fsp3) is 0.0182. The first kappa shape index (κ1) is 35.3. The highest BCUT2D eigenvalue weighted by Gasteiger charge is 2.21. The highest BCUT2D eigenvalue weighted by Crippen LogP contribution is 2.46. The first-order valence-corrected chi connectivity index (χ1v) is 21.8.